The molecule has 1 atom stereocenters. The molecule has 0 aromatic heterocycles. The Balaban J connectivity index is 3.02. The van der Waals surface area contributed by atoms with Crippen molar-refractivity contribution in [3.63, 3.8) is 0 Å². The number of hydrogen-bond acceptors (Lipinski definition) is 1. The van der Waals surface area contributed by atoms with Gasteiger partial charge in [0.25, 0.3) is 0 Å². The summed E-state index contributed by atoms with van der Waals surface area (Å²) in [6, 6.07) is 1.64. The normalized spacial score (nSPS) is 12.6. The summed E-state index contributed by atoms with van der Waals surface area (Å²) in [5.74, 6) is 0. The number of unbranched alkanes of at least 4 members (excludes halogenated alkanes) is 1. The van der Waals surface area contributed by atoms with Crippen molar-refractivity contribution in [2.24, 2.45) is 0 Å². The molecule has 1 unspecified atom stereocenters. The smallest absolute Gasteiger partial charge is 0.179 e. The van der Waals surface area contributed by atoms with Crippen LogP contribution in [0.4, 0.5) is 0 Å². The molecule has 1 radical (unpaired) electrons. The molecule has 0 fully saturated rings. The van der Waals surface area contributed by atoms with Gasteiger partial charge in [-0.05, 0) is 12.8 Å². The van der Waals surface area contributed by atoms with Crippen LogP contribution < -0.4 is 0 Å². The first kappa shape index (κ1) is 7.45. The van der Waals surface area contributed by atoms with Crippen LogP contribution >= 0.6 is 0 Å². The Bertz CT molecular complexity index is 85.0. The van der Waals surface area contributed by atoms with E-state index < -0.39 is 6.10 Å². The highest BCUT2D eigenvalue weighted by atomic mass is 16.3. The zero-order valence-electron chi connectivity index (χ0n) is 5.05. The van der Waals surface area contributed by atoms with Crippen LogP contribution in [0.5, 0.6) is 0 Å². The molecule has 0 bridgehead atoms. The molecule has 0 aliphatic heterocycles. The van der Waals surface area contributed by atoms with Gasteiger partial charge in [-0.15, -0.1) is 0 Å². The first-order chi connectivity index (χ1) is 3.81. The maximum absolute atomic E-state index is 10.3. The van der Waals surface area contributed by atoms with Crippen molar-refractivity contribution in [3.8, 4) is 6.07 Å². The summed E-state index contributed by atoms with van der Waals surface area (Å²) in [6.45, 7) is 2.00. The van der Waals surface area contributed by atoms with Gasteiger partial charge in [0.05, 0.1) is 6.07 Å². The molecular formula is C6H10NO. The number of rotatable bonds is 3. The SMILES string of the molecule is CCCCC([O])C#N. The zero-order chi connectivity index (χ0) is 6.41. The monoisotopic (exact) mass is 112 g/mol. The molecule has 0 heterocycles. The highest BCUT2D eigenvalue weighted by Crippen LogP contribution is 1.98. The van der Waals surface area contributed by atoms with Crippen molar-refractivity contribution >= 4 is 0 Å². The summed E-state index contributed by atoms with van der Waals surface area (Å²) in [7, 11) is 0. The predicted molar refractivity (Wildman–Crippen MR) is 29.6 cm³/mol. The van der Waals surface area contributed by atoms with E-state index in [2.05, 4.69) is 0 Å². The van der Waals surface area contributed by atoms with E-state index in [1.807, 2.05) is 6.92 Å². The first-order valence-corrected chi connectivity index (χ1v) is 2.86. The molecule has 0 rings (SSSR count). The average molecular weight is 112 g/mol. The van der Waals surface area contributed by atoms with Crippen molar-refractivity contribution in [1.29, 1.82) is 5.26 Å². The molecule has 0 aromatic carbocycles. The lowest BCUT2D eigenvalue weighted by molar-refractivity contribution is 0.126. The van der Waals surface area contributed by atoms with Gasteiger partial charge < -0.3 is 0 Å². The standard InChI is InChI=1S/C6H10NO/c1-2-3-4-6(8)5-7/h6H,2-4H2,1H3. The molecule has 8 heavy (non-hydrogen) atoms. The van der Waals surface area contributed by atoms with Crippen molar-refractivity contribution in [1.82, 2.24) is 0 Å². The Hall–Kier alpha value is -0.550. The van der Waals surface area contributed by atoms with E-state index in [4.69, 9.17) is 5.26 Å². The molecule has 0 amide bonds. The third kappa shape index (κ3) is 3.63. The summed E-state index contributed by atoms with van der Waals surface area (Å²) in [6.07, 6.45) is 1.39. The first-order valence-electron chi connectivity index (χ1n) is 2.86. The molecule has 45 valence electrons. The van der Waals surface area contributed by atoms with Gasteiger partial charge in [0, 0.05) is 0 Å². The molecule has 2 heteroatoms. The predicted octanol–water partition coefficient (Wildman–Crippen LogP) is 1.50. The minimum absolute atomic E-state index is 0.507. The van der Waals surface area contributed by atoms with Gasteiger partial charge in [-0.25, -0.2) is 5.11 Å². The molecule has 0 saturated carbocycles. The molecule has 2 nitrogen and oxygen atoms in total. The number of hydrogen-bond donors (Lipinski definition) is 0. The van der Waals surface area contributed by atoms with Gasteiger partial charge in [-0.3, -0.25) is 0 Å². The molecule has 0 spiro atoms. The summed E-state index contributed by atoms with van der Waals surface area (Å²) in [5.41, 5.74) is 0. The van der Waals surface area contributed by atoms with Crippen molar-refractivity contribution in [2.45, 2.75) is 32.3 Å². The van der Waals surface area contributed by atoms with Gasteiger partial charge in [-0.1, -0.05) is 13.3 Å². The molecule has 0 aromatic rings. The second kappa shape index (κ2) is 4.61. The van der Waals surface area contributed by atoms with Gasteiger partial charge in [-0.2, -0.15) is 5.26 Å². The van der Waals surface area contributed by atoms with Gasteiger partial charge in [0.1, 0.15) is 0 Å². The third-order valence-corrected chi connectivity index (χ3v) is 0.964. The van der Waals surface area contributed by atoms with Gasteiger partial charge in [0.15, 0.2) is 6.10 Å². The summed E-state index contributed by atoms with van der Waals surface area (Å²) in [4.78, 5) is 0. The lowest BCUT2D eigenvalue weighted by atomic mass is 10.2. The van der Waals surface area contributed by atoms with E-state index in [0.717, 1.165) is 12.8 Å². The Morgan fingerprint density at radius 1 is 1.75 bits per heavy atom. The minimum Gasteiger partial charge on any atom is -0.217 e. The largest absolute Gasteiger partial charge is 0.217 e. The number of nitrogens with zero attached hydrogens (tertiary/aromatic N) is 1. The Morgan fingerprint density at radius 3 is 2.75 bits per heavy atom. The van der Waals surface area contributed by atoms with E-state index in [1.165, 1.54) is 0 Å². The van der Waals surface area contributed by atoms with Crippen LogP contribution in [0.2, 0.25) is 0 Å². The van der Waals surface area contributed by atoms with Crippen LogP contribution in [0, 0.1) is 11.3 Å². The summed E-state index contributed by atoms with van der Waals surface area (Å²) in [5, 5.41) is 18.3. The molecule has 0 saturated heterocycles. The average Bonchev–Trinajstić information content (AvgIpc) is 1.83. The van der Waals surface area contributed by atoms with Gasteiger partial charge in [0.2, 0.25) is 0 Å². The maximum atomic E-state index is 10.3. The topological polar surface area (TPSA) is 43.7 Å². The van der Waals surface area contributed by atoms with Crippen molar-refractivity contribution in [2.75, 3.05) is 0 Å². The van der Waals surface area contributed by atoms with Crippen molar-refractivity contribution in [3.05, 3.63) is 0 Å². The summed E-state index contributed by atoms with van der Waals surface area (Å²) >= 11 is 0. The van der Waals surface area contributed by atoms with E-state index in [1.54, 1.807) is 6.07 Å². The van der Waals surface area contributed by atoms with E-state index in [0.29, 0.717) is 6.42 Å². The van der Waals surface area contributed by atoms with Gasteiger partial charge >= 0.3 is 0 Å². The fourth-order valence-electron chi connectivity index (χ4n) is 0.454. The maximum Gasteiger partial charge on any atom is 0.179 e. The lowest BCUT2D eigenvalue weighted by Gasteiger charge is -1.92. The highest BCUT2D eigenvalue weighted by molar-refractivity contribution is 4.80. The molecular weight excluding hydrogens is 102 g/mol. The fraction of sp³-hybridized carbons (Fsp3) is 0.833. The van der Waals surface area contributed by atoms with Crippen LogP contribution in [0.15, 0.2) is 0 Å². The third-order valence-electron chi connectivity index (χ3n) is 0.964. The van der Waals surface area contributed by atoms with E-state index >= 15 is 0 Å². The van der Waals surface area contributed by atoms with Crippen LogP contribution in [0.1, 0.15) is 26.2 Å². The molecule has 0 aliphatic rings. The molecule has 0 aliphatic carbocycles. The van der Waals surface area contributed by atoms with Crippen molar-refractivity contribution < 1.29 is 5.11 Å². The van der Waals surface area contributed by atoms with Crippen LogP contribution in [0.3, 0.4) is 0 Å². The minimum atomic E-state index is -0.991. The van der Waals surface area contributed by atoms with Crippen LogP contribution in [-0.4, -0.2) is 6.10 Å². The summed E-state index contributed by atoms with van der Waals surface area (Å²) < 4.78 is 0. The second-order valence-corrected chi connectivity index (χ2v) is 1.76. The quantitative estimate of drug-likeness (QED) is 0.545. The van der Waals surface area contributed by atoms with Crippen LogP contribution in [0.25, 0.3) is 0 Å². The second-order valence-electron chi connectivity index (χ2n) is 1.76. The van der Waals surface area contributed by atoms with E-state index in [-0.39, 0.29) is 0 Å². The Labute approximate surface area is 49.8 Å². The lowest BCUT2D eigenvalue weighted by Crippen LogP contribution is -1.98. The van der Waals surface area contributed by atoms with Crippen LogP contribution in [-0.2, 0) is 5.11 Å². The zero-order valence-corrected chi connectivity index (χ0v) is 5.05. The Morgan fingerprint density at radius 2 is 2.38 bits per heavy atom. The molecule has 0 N–H and O–H groups in total. The Kier molecular flexibility index (Phi) is 4.29. The highest BCUT2D eigenvalue weighted by Gasteiger charge is 1.99. The van der Waals surface area contributed by atoms with E-state index in [9.17, 15) is 5.11 Å². The number of nitriles is 1. The fourth-order valence-corrected chi connectivity index (χ4v) is 0.454.